The van der Waals surface area contributed by atoms with Crippen LogP contribution >= 0.6 is 11.8 Å². The molecule has 1 aliphatic carbocycles. The van der Waals surface area contributed by atoms with Gasteiger partial charge in [0.1, 0.15) is 0 Å². The highest BCUT2D eigenvalue weighted by molar-refractivity contribution is 7.99. The molecule has 1 aromatic heterocycles. The van der Waals surface area contributed by atoms with Crippen LogP contribution in [-0.4, -0.2) is 28.9 Å². The van der Waals surface area contributed by atoms with E-state index in [1.807, 2.05) is 44.7 Å². The molecule has 1 heterocycles. The number of hydrogen-bond acceptors (Lipinski definition) is 5. The molecule has 1 atom stereocenters. The number of ether oxygens (including phenoxy) is 1. The molecule has 1 aliphatic rings. The smallest absolute Gasteiger partial charge is 0.306 e. The minimum Gasteiger partial charge on any atom is -0.469 e. The van der Waals surface area contributed by atoms with E-state index in [-0.39, 0.29) is 16.6 Å². The first kappa shape index (κ1) is 29.1. The third-order valence-corrected chi connectivity index (χ3v) is 9.44. The first-order valence-electron chi connectivity index (χ1n) is 13.8. The molecule has 0 saturated heterocycles. The normalized spacial score (nSPS) is 15.3. The van der Waals surface area contributed by atoms with Crippen LogP contribution < -0.4 is 0 Å². The van der Waals surface area contributed by atoms with Gasteiger partial charge >= 0.3 is 5.97 Å². The van der Waals surface area contributed by atoms with Crippen molar-refractivity contribution in [3.05, 3.63) is 99.9 Å². The van der Waals surface area contributed by atoms with Gasteiger partial charge in [0.25, 0.3) is 0 Å². The topological polar surface area (TPSA) is 59.4 Å². The summed E-state index contributed by atoms with van der Waals surface area (Å²) in [5.41, 5.74) is 6.97. The Bertz CT molecular complexity index is 1320. The number of pyridine rings is 1. The number of aliphatic hydroxyl groups is 1. The van der Waals surface area contributed by atoms with Crippen molar-refractivity contribution in [2.75, 3.05) is 12.9 Å². The van der Waals surface area contributed by atoms with Crippen molar-refractivity contribution in [3.63, 3.8) is 0 Å². The summed E-state index contributed by atoms with van der Waals surface area (Å²) >= 11 is 1.95. The Morgan fingerprint density at radius 2 is 1.87 bits per heavy atom. The van der Waals surface area contributed by atoms with Gasteiger partial charge in [0.2, 0.25) is 0 Å². The molecule has 206 valence electrons. The molecule has 39 heavy (non-hydrogen) atoms. The monoisotopic (exact) mass is 543 g/mol. The fourth-order valence-electron chi connectivity index (χ4n) is 4.96. The maximum Gasteiger partial charge on any atom is 0.306 e. The van der Waals surface area contributed by atoms with Gasteiger partial charge in [-0.3, -0.25) is 9.78 Å². The molecule has 2 aromatic carbocycles. The van der Waals surface area contributed by atoms with Gasteiger partial charge in [0, 0.05) is 16.7 Å². The van der Waals surface area contributed by atoms with Crippen LogP contribution in [0.2, 0.25) is 0 Å². The molecular formula is C34H41NO3S. The lowest BCUT2D eigenvalue weighted by Crippen LogP contribution is -2.18. The van der Waals surface area contributed by atoms with Crippen LogP contribution in [0.4, 0.5) is 0 Å². The molecule has 0 amide bonds. The van der Waals surface area contributed by atoms with Crippen molar-refractivity contribution in [1.29, 1.82) is 0 Å². The van der Waals surface area contributed by atoms with Gasteiger partial charge < -0.3 is 9.84 Å². The number of aryl methyl sites for hydroxylation is 3. The van der Waals surface area contributed by atoms with Crippen molar-refractivity contribution >= 4 is 29.9 Å². The minimum absolute atomic E-state index is 0.0630. The van der Waals surface area contributed by atoms with Gasteiger partial charge in [0.05, 0.1) is 24.8 Å². The highest BCUT2D eigenvalue weighted by Crippen LogP contribution is 2.53. The fourth-order valence-corrected chi connectivity index (χ4v) is 6.53. The van der Waals surface area contributed by atoms with Gasteiger partial charge in [-0.2, -0.15) is 11.8 Å². The molecule has 4 nitrogen and oxygen atoms in total. The predicted octanol–water partition coefficient (Wildman–Crippen LogP) is 7.85. The number of carbonyl (C=O) groups excluding carboxylic acids is 1. The quantitative estimate of drug-likeness (QED) is 0.236. The summed E-state index contributed by atoms with van der Waals surface area (Å²) in [6.45, 7) is 7.82. The maximum absolute atomic E-state index is 12.0. The van der Waals surface area contributed by atoms with Crippen molar-refractivity contribution in [1.82, 2.24) is 4.98 Å². The van der Waals surface area contributed by atoms with Crippen molar-refractivity contribution in [2.24, 2.45) is 5.41 Å². The van der Waals surface area contributed by atoms with E-state index in [1.54, 1.807) is 0 Å². The van der Waals surface area contributed by atoms with Crippen molar-refractivity contribution in [3.8, 4) is 0 Å². The molecule has 0 radical (unpaired) electrons. The van der Waals surface area contributed by atoms with Crippen LogP contribution in [0.5, 0.6) is 0 Å². The van der Waals surface area contributed by atoms with Crippen LogP contribution in [0, 0.1) is 19.3 Å². The van der Waals surface area contributed by atoms with E-state index in [4.69, 9.17) is 4.74 Å². The third kappa shape index (κ3) is 8.06. The lowest BCUT2D eigenvalue weighted by molar-refractivity contribution is -0.141. The number of rotatable bonds is 12. The van der Waals surface area contributed by atoms with Crippen LogP contribution in [0.3, 0.4) is 0 Å². The molecule has 0 bridgehead atoms. The summed E-state index contributed by atoms with van der Waals surface area (Å²) in [7, 11) is 1.47. The van der Waals surface area contributed by atoms with E-state index in [0.717, 1.165) is 54.0 Å². The van der Waals surface area contributed by atoms with Gasteiger partial charge in [-0.1, -0.05) is 60.7 Å². The Kier molecular flexibility index (Phi) is 9.35. The SMILES string of the molecule is COC(=O)CC1(CS[C@H](CCc2ccccc2C(C)(C)O)c2cccc(C=Cc3ccc(C)c(C)n3)c2)CC1. The summed E-state index contributed by atoms with van der Waals surface area (Å²) in [4.78, 5) is 16.7. The minimum atomic E-state index is -0.884. The van der Waals surface area contributed by atoms with Gasteiger partial charge in [-0.05, 0) is 98.8 Å². The molecule has 1 N–H and O–H groups in total. The van der Waals surface area contributed by atoms with Crippen LogP contribution in [0.15, 0.2) is 60.7 Å². The fraction of sp³-hybridized carbons (Fsp3) is 0.412. The molecule has 0 spiro atoms. The zero-order valence-electron chi connectivity index (χ0n) is 23.9. The molecular weight excluding hydrogens is 502 g/mol. The number of hydrogen-bond donors (Lipinski definition) is 1. The zero-order chi connectivity index (χ0) is 28.0. The highest BCUT2D eigenvalue weighted by Gasteiger charge is 2.45. The van der Waals surface area contributed by atoms with E-state index in [9.17, 15) is 9.90 Å². The van der Waals surface area contributed by atoms with Gasteiger partial charge in [-0.15, -0.1) is 0 Å². The molecule has 5 heteroatoms. The number of esters is 1. The third-order valence-electron chi connectivity index (χ3n) is 7.75. The number of nitrogens with zero attached hydrogens (tertiary/aromatic N) is 1. The standard InChI is InChI=1S/C34H41NO3S/c1-24-13-16-29(35-25(24)2)17-14-26-9-8-11-28(21-26)31(39-23-34(19-20-34)22-32(36)38-5)18-15-27-10-6-7-12-30(27)33(3,4)37/h6-14,16-17,21,31,37H,15,18-20,22-23H2,1-5H3/t31-/m1/s1. The average Bonchev–Trinajstić information content (AvgIpc) is 3.68. The van der Waals surface area contributed by atoms with E-state index < -0.39 is 5.60 Å². The second-order valence-electron chi connectivity index (χ2n) is 11.4. The van der Waals surface area contributed by atoms with E-state index >= 15 is 0 Å². The van der Waals surface area contributed by atoms with E-state index in [0.29, 0.717) is 6.42 Å². The lowest BCUT2D eigenvalue weighted by Gasteiger charge is -2.24. The zero-order valence-corrected chi connectivity index (χ0v) is 24.7. The predicted molar refractivity (Wildman–Crippen MR) is 163 cm³/mol. The number of methoxy groups -OCH3 is 1. The summed E-state index contributed by atoms with van der Waals surface area (Å²) in [5.74, 6) is 0.822. The Labute approximate surface area is 237 Å². The van der Waals surface area contributed by atoms with E-state index in [2.05, 4.69) is 72.6 Å². The van der Waals surface area contributed by atoms with Crippen LogP contribution in [-0.2, 0) is 21.6 Å². The Morgan fingerprint density at radius 3 is 2.56 bits per heavy atom. The Hall–Kier alpha value is -2.89. The number of thioether (sulfide) groups is 1. The first-order valence-corrected chi connectivity index (χ1v) is 14.8. The lowest BCUT2D eigenvalue weighted by atomic mass is 9.90. The second-order valence-corrected chi connectivity index (χ2v) is 12.6. The van der Waals surface area contributed by atoms with Gasteiger partial charge in [-0.25, -0.2) is 0 Å². The second kappa shape index (κ2) is 12.5. The summed E-state index contributed by atoms with van der Waals surface area (Å²) < 4.78 is 4.98. The number of benzene rings is 2. The molecule has 3 aromatic rings. The largest absolute Gasteiger partial charge is 0.469 e. The summed E-state index contributed by atoms with van der Waals surface area (Å²) in [6, 6.07) is 21.1. The molecule has 0 unspecified atom stereocenters. The molecule has 4 rings (SSSR count). The first-order chi connectivity index (χ1) is 18.6. The molecule has 1 fully saturated rings. The molecule has 1 saturated carbocycles. The van der Waals surface area contributed by atoms with Crippen LogP contribution in [0.1, 0.15) is 84.0 Å². The highest BCUT2D eigenvalue weighted by atomic mass is 32.2. The summed E-state index contributed by atoms with van der Waals surface area (Å²) in [5, 5.41) is 11.0. The number of aromatic nitrogens is 1. The van der Waals surface area contributed by atoms with Gasteiger partial charge in [0.15, 0.2) is 0 Å². The Morgan fingerprint density at radius 1 is 1.10 bits per heavy atom. The molecule has 0 aliphatic heterocycles. The number of carbonyl (C=O) groups is 1. The van der Waals surface area contributed by atoms with Crippen molar-refractivity contribution < 1.29 is 14.6 Å². The Balaban J connectivity index is 1.55. The average molecular weight is 544 g/mol. The van der Waals surface area contributed by atoms with Crippen LogP contribution in [0.25, 0.3) is 12.2 Å². The summed E-state index contributed by atoms with van der Waals surface area (Å²) in [6.07, 6.45) is 8.67. The maximum atomic E-state index is 12.0. The van der Waals surface area contributed by atoms with Crippen molar-refractivity contribution in [2.45, 2.75) is 70.7 Å². The van der Waals surface area contributed by atoms with E-state index in [1.165, 1.54) is 23.8 Å².